The summed E-state index contributed by atoms with van der Waals surface area (Å²) in [4.78, 5) is 16.0. The number of carbonyl (C=O) groups excluding carboxylic acids is 1. The zero-order chi connectivity index (χ0) is 15.5. The number of hydrogen-bond acceptors (Lipinski definition) is 2. The monoisotopic (exact) mass is 310 g/mol. The number of aliphatic imine (C=N–C) groups is 1. The summed E-state index contributed by atoms with van der Waals surface area (Å²) in [6.45, 7) is 6.18. The van der Waals surface area contributed by atoms with Gasteiger partial charge in [0.05, 0.1) is 13.1 Å². The molecule has 21 heavy (non-hydrogen) atoms. The first-order valence-corrected chi connectivity index (χ1v) is 7.56. The molecule has 0 saturated carbocycles. The number of guanidine groups is 1. The van der Waals surface area contributed by atoms with E-state index in [1.54, 1.807) is 0 Å². The second kappa shape index (κ2) is 10.0. The van der Waals surface area contributed by atoms with Crippen LogP contribution in [-0.2, 0) is 11.3 Å². The van der Waals surface area contributed by atoms with Crippen molar-refractivity contribution in [1.29, 1.82) is 0 Å². The van der Waals surface area contributed by atoms with E-state index in [9.17, 15) is 4.79 Å². The fraction of sp³-hybridized carbons (Fsp3) is 0.467. The summed E-state index contributed by atoms with van der Waals surface area (Å²) in [5.41, 5.74) is 1.06. The Hall–Kier alpha value is -1.75. The number of amides is 1. The van der Waals surface area contributed by atoms with Crippen molar-refractivity contribution in [2.75, 3.05) is 19.6 Å². The van der Waals surface area contributed by atoms with Gasteiger partial charge in [-0.1, -0.05) is 30.7 Å². The van der Waals surface area contributed by atoms with Crippen LogP contribution >= 0.6 is 11.6 Å². The maximum absolute atomic E-state index is 11.6. The first kappa shape index (κ1) is 17.3. The molecule has 0 aliphatic heterocycles. The molecule has 0 fully saturated rings. The van der Waals surface area contributed by atoms with Crippen molar-refractivity contribution in [3.05, 3.63) is 34.9 Å². The summed E-state index contributed by atoms with van der Waals surface area (Å²) in [7, 11) is 0. The molecule has 0 saturated heterocycles. The molecular formula is C15H23ClN4O. The van der Waals surface area contributed by atoms with Crippen molar-refractivity contribution in [2.24, 2.45) is 4.99 Å². The number of carbonyl (C=O) groups is 1. The zero-order valence-corrected chi connectivity index (χ0v) is 13.3. The average molecular weight is 311 g/mol. The second-order valence-corrected chi connectivity index (χ2v) is 4.96. The van der Waals surface area contributed by atoms with Crippen molar-refractivity contribution in [2.45, 2.75) is 26.8 Å². The molecule has 0 bridgehead atoms. The normalized spacial score (nSPS) is 11.1. The summed E-state index contributed by atoms with van der Waals surface area (Å²) in [6, 6.07) is 7.54. The predicted molar refractivity (Wildman–Crippen MR) is 87.6 cm³/mol. The lowest BCUT2D eigenvalue weighted by molar-refractivity contribution is -0.120. The van der Waals surface area contributed by atoms with Gasteiger partial charge in [0.1, 0.15) is 0 Å². The first-order chi connectivity index (χ1) is 10.2. The molecule has 0 spiro atoms. The topological polar surface area (TPSA) is 65.5 Å². The van der Waals surface area contributed by atoms with Crippen LogP contribution in [0.15, 0.2) is 29.3 Å². The zero-order valence-electron chi connectivity index (χ0n) is 12.6. The Morgan fingerprint density at radius 3 is 2.48 bits per heavy atom. The molecule has 0 aliphatic carbocycles. The largest absolute Gasteiger partial charge is 0.357 e. The van der Waals surface area contributed by atoms with Crippen molar-refractivity contribution in [1.82, 2.24) is 16.0 Å². The maximum atomic E-state index is 11.6. The highest BCUT2D eigenvalue weighted by molar-refractivity contribution is 6.30. The summed E-state index contributed by atoms with van der Waals surface area (Å²) < 4.78 is 0. The van der Waals surface area contributed by atoms with Gasteiger partial charge in [0.25, 0.3) is 0 Å². The van der Waals surface area contributed by atoms with Gasteiger partial charge < -0.3 is 16.0 Å². The van der Waals surface area contributed by atoms with Crippen molar-refractivity contribution >= 4 is 23.5 Å². The van der Waals surface area contributed by atoms with Gasteiger partial charge in [-0.3, -0.25) is 4.79 Å². The molecule has 3 N–H and O–H groups in total. The summed E-state index contributed by atoms with van der Waals surface area (Å²) >= 11 is 5.85. The molecular weight excluding hydrogens is 288 g/mol. The van der Waals surface area contributed by atoms with Crippen molar-refractivity contribution < 1.29 is 4.79 Å². The molecule has 0 aliphatic rings. The van der Waals surface area contributed by atoms with E-state index in [1.165, 1.54) is 0 Å². The molecule has 5 nitrogen and oxygen atoms in total. The molecule has 0 radical (unpaired) electrons. The van der Waals surface area contributed by atoms with Crippen LogP contribution in [0.2, 0.25) is 5.02 Å². The van der Waals surface area contributed by atoms with E-state index in [-0.39, 0.29) is 12.5 Å². The molecule has 0 atom stereocenters. The van der Waals surface area contributed by atoms with Crippen LogP contribution in [0.1, 0.15) is 25.8 Å². The molecule has 1 aromatic rings. The minimum Gasteiger partial charge on any atom is -0.357 e. The van der Waals surface area contributed by atoms with Crippen LogP contribution in [0, 0.1) is 0 Å². The highest BCUT2D eigenvalue weighted by Gasteiger charge is 2.02. The van der Waals surface area contributed by atoms with E-state index in [0.29, 0.717) is 24.1 Å². The Morgan fingerprint density at radius 1 is 1.14 bits per heavy atom. The van der Waals surface area contributed by atoms with Gasteiger partial charge in [-0.15, -0.1) is 0 Å². The summed E-state index contributed by atoms with van der Waals surface area (Å²) in [6.07, 6.45) is 0.927. The van der Waals surface area contributed by atoms with Gasteiger partial charge in [-0.2, -0.15) is 0 Å². The first-order valence-electron chi connectivity index (χ1n) is 7.19. The molecule has 1 aromatic carbocycles. The van der Waals surface area contributed by atoms with Crippen LogP contribution < -0.4 is 16.0 Å². The van der Waals surface area contributed by atoms with Gasteiger partial charge in [0.2, 0.25) is 5.91 Å². The predicted octanol–water partition coefficient (Wildman–Crippen LogP) is 1.92. The summed E-state index contributed by atoms with van der Waals surface area (Å²) in [5, 5.41) is 9.64. The molecule has 1 amide bonds. The fourth-order valence-corrected chi connectivity index (χ4v) is 1.72. The number of hydrogen-bond donors (Lipinski definition) is 3. The van der Waals surface area contributed by atoms with E-state index < -0.39 is 0 Å². The average Bonchev–Trinajstić information content (AvgIpc) is 2.49. The van der Waals surface area contributed by atoms with Gasteiger partial charge in [0.15, 0.2) is 5.96 Å². The molecule has 0 unspecified atom stereocenters. The Labute approximate surface area is 131 Å². The maximum Gasteiger partial charge on any atom is 0.239 e. The van der Waals surface area contributed by atoms with Crippen molar-refractivity contribution in [3.8, 4) is 0 Å². The third kappa shape index (κ3) is 7.56. The molecule has 116 valence electrons. The number of rotatable bonds is 7. The van der Waals surface area contributed by atoms with Crippen LogP contribution in [0.3, 0.4) is 0 Å². The van der Waals surface area contributed by atoms with E-state index in [0.717, 1.165) is 18.5 Å². The summed E-state index contributed by atoms with van der Waals surface area (Å²) in [5.74, 6) is 0.591. The molecule has 0 heterocycles. The van der Waals surface area contributed by atoms with Crippen molar-refractivity contribution in [3.63, 3.8) is 0 Å². The van der Waals surface area contributed by atoms with E-state index in [1.807, 2.05) is 38.1 Å². The third-order valence-corrected chi connectivity index (χ3v) is 2.92. The van der Waals surface area contributed by atoms with Crippen LogP contribution in [-0.4, -0.2) is 31.5 Å². The quantitative estimate of drug-likeness (QED) is 0.532. The fourth-order valence-electron chi connectivity index (χ4n) is 1.59. The van der Waals surface area contributed by atoms with Gasteiger partial charge in [-0.25, -0.2) is 4.99 Å². The number of benzene rings is 1. The third-order valence-electron chi connectivity index (χ3n) is 2.67. The van der Waals surface area contributed by atoms with E-state index in [4.69, 9.17) is 11.6 Å². The lowest BCUT2D eigenvalue weighted by Gasteiger charge is -2.11. The van der Waals surface area contributed by atoms with Gasteiger partial charge in [-0.05, 0) is 31.0 Å². The standard InChI is InChI=1S/C15H23ClN4O/c1-3-9-18-14(21)11-20-15(17-4-2)19-10-12-5-7-13(16)8-6-12/h5-8H,3-4,9-11H2,1-2H3,(H,18,21)(H2,17,19,20). The Morgan fingerprint density at radius 2 is 1.86 bits per heavy atom. The molecule has 0 aromatic heterocycles. The van der Waals surface area contributed by atoms with E-state index in [2.05, 4.69) is 20.9 Å². The minimum atomic E-state index is -0.0334. The Balaban J connectivity index is 2.49. The number of halogens is 1. The van der Waals surface area contributed by atoms with Gasteiger partial charge >= 0.3 is 0 Å². The number of nitrogens with one attached hydrogen (secondary N) is 3. The minimum absolute atomic E-state index is 0.0334. The lowest BCUT2D eigenvalue weighted by atomic mass is 10.2. The van der Waals surface area contributed by atoms with Crippen LogP contribution in [0.4, 0.5) is 0 Å². The lowest BCUT2D eigenvalue weighted by Crippen LogP contribution is -2.43. The van der Waals surface area contributed by atoms with Crippen LogP contribution in [0.5, 0.6) is 0 Å². The highest BCUT2D eigenvalue weighted by atomic mass is 35.5. The Kier molecular flexibility index (Phi) is 8.28. The van der Waals surface area contributed by atoms with Gasteiger partial charge in [0, 0.05) is 18.1 Å². The smallest absolute Gasteiger partial charge is 0.239 e. The SMILES string of the molecule is CCCNC(=O)CNC(=NCc1ccc(Cl)cc1)NCC. The molecule has 1 rings (SSSR count). The second-order valence-electron chi connectivity index (χ2n) is 4.53. The Bertz CT molecular complexity index is 459. The van der Waals surface area contributed by atoms with E-state index >= 15 is 0 Å². The number of nitrogens with zero attached hydrogens (tertiary/aromatic N) is 1. The highest BCUT2D eigenvalue weighted by Crippen LogP contribution is 2.09. The van der Waals surface area contributed by atoms with Crippen LogP contribution in [0.25, 0.3) is 0 Å². The molecule has 6 heteroatoms.